The van der Waals surface area contributed by atoms with E-state index in [0.717, 1.165) is 12.0 Å². The number of aromatic hydroxyl groups is 1. The van der Waals surface area contributed by atoms with Crippen LogP contribution in [0, 0.1) is 6.92 Å². The van der Waals surface area contributed by atoms with Gasteiger partial charge in [0.25, 0.3) is 0 Å². The summed E-state index contributed by atoms with van der Waals surface area (Å²) < 4.78 is 0. The Balaban J connectivity index is 2.18. The Hall–Kier alpha value is -2.54. The molecule has 122 valence electrons. The van der Waals surface area contributed by atoms with E-state index in [-0.39, 0.29) is 0 Å². The third-order valence-corrected chi connectivity index (χ3v) is 4.83. The van der Waals surface area contributed by atoms with Gasteiger partial charge < -0.3 is 5.11 Å². The van der Waals surface area contributed by atoms with Crippen LogP contribution in [0.5, 0.6) is 5.75 Å². The molecule has 0 amide bonds. The molecule has 0 aromatic heterocycles. The van der Waals surface area contributed by atoms with Crippen molar-refractivity contribution in [3.63, 3.8) is 0 Å². The Kier molecular flexibility index (Phi) is 4.71. The average molecular weight is 316 g/mol. The summed E-state index contributed by atoms with van der Waals surface area (Å²) in [7, 11) is 0. The lowest BCUT2D eigenvalue weighted by Gasteiger charge is -2.18. The van der Waals surface area contributed by atoms with Gasteiger partial charge >= 0.3 is 0 Å². The van der Waals surface area contributed by atoms with Crippen molar-refractivity contribution < 1.29 is 5.11 Å². The second kappa shape index (κ2) is 6.92. The summed E-state index contributed by atoms with van der Waals surface area (Å²) in [6.45, 7) is 6.69. The smallest absolute Gasteiger partial charge is 0.115 e. The van der Waals surface area contributed by atoms with Crippen molar-refractivity contribution in [3.8, 4) is 28.0 Å². The molecule has 0 bridgehead atoms. The second-order valence-electron chi connectivity index (χ2n) is 6.47. The van der Waals surface area contributed by atoms with Gasteiger partial charge in [-0.1, -0.05) is 62.4 Å². The number of hydrogen-bond donors (Lipinski definition) is 1. The molecule has 0 aliphatic carbocycles. The number of rotatable bonds is 4. The third kappa shape index (κ3) is 3.21. The maximum atomic E-state index is 9.52. The van der Waals surface area contributed by atoms with Gasteiger partial charge in [-0.15, -0.1) is 0 Å². The van der Waals surface area contributed by atoms with E-state index in [1.165, 1.54) is 27.8 Å². The van der Waals surface area contributed by atoms with Crippen LogP contribution in [0.2, 0.25) is 0 Å². The molecular formula is C23H24O. The van der Waals surface area contributed by atoms with Crippen LogP contribution in [0.4, 0.5) is 0 Å². The Bertz CT molecular complexity index is 831. The molecule has 3 aromatic rings. The van der Waals surface area contributed by atoms with Crippen LogP contribution in [0.15, 0.2) is 66.7 Å². The zero-order chi connectivity index (χ0) is 17.1. The first kappa shape index (κ1) is 16.3. The summed E-state index contributed by atoms with van der Waals surface area (Å²) in [6, 6.07) is 22.7. The Labute approximate surface area is 144 Å². The summed E-state index contributed by atoms with van der Waals surface area (Å²) >= 11 is 0. The van der Waals surface area contributed by atoms with Crippen molar-refractivity contribution in [2.75, 3.05) is 0 Å². The van der Waals surface area contributed by atoms with E-state index in [2.05, 4.69) is 63.2 Å². The van der Waals surface area contributed by atoms with Crippen molar-refractivity contribution in [1.82, 2.24) is 0 Å². The zero-order valence-corrected chi connectivity index (χ0v) is 14.6. The number of benzene rings is 3. The topological polar surface area (TPSA) is 20.2 Å². The fourth-order valence-electron chi connectivity index (χ4n) is 3.15. The molecule has 1 nitrogen and oxygen atoms in total. The summed E-state index contributed by atoms with van der Waals surface area (Å²) in [6.07, 6.45) is 1.12. The number of hydrogen-bond acceptors (Lipinski definition) is 1. The summed E-state index contributed by atoms with van der Waals surface area (Å²) in [5.74, 6) is 0.822. The standard InChI is InChI=1S/C23H24O/c1-4-16(2)22-14-11-19(18-9-12-20(24)13-10-18)15-23(22)21-8-6-5-7-17(21)3/h5-16,24H,4H2,1-3H3. The van der Waals surface area contributed by atoms with Crippen LogP contribution < -0.4 is 0 Å². The summed E-state index contributed by atoms with van der Waals surface area (Å²) in [4.78, 5) is 0. The highest BCUT2D eigenvalue weighted by Crippen LogP contribution is 2.36. The molecule has 0 aliphatic rings. The first-order chi connectivity index (χ1) is 11.6. The number of phenolic OH excluding ortho intramolecular Hbond substituents is 1. The molecule has 1 heteroatoms. The van der Waals surface area contributed by atoms with Gasteiger partial charge in [0, 0.05) is 0 Å². The molecule has 0 fully saturated rings. The van der Waals surface area contributed by atoms with E-state index in [1.807, 2.05) is 12.1 Å². The highest BCUT2D eigenvalue weighted by atomic mass is 16.3. The average Bonchev–Trinajstić information content (AvgIpc) is 2.62. The van der Waals surface area contributed by atoms with Gasteiger partial charge in [0.2, 0.25) is 0 Å². The monoisotopic (exact) mass is 316 g/mol. The number of aryl methyl sites for hydroxylation is 1. The Morgan fingerprint density at radius 3 is 2.17 bits per heavy atom. The molecule has 0 saturated heterocycles. The SMILES string of the molecule is CCC(C)c1ccc(-c2ccc(O)cc2)cc1-c1ccccc1C. The predicted octanol–water partition coefficient (Wildman–Crippen LogP) is 6.55. The minimum atomic E-state index is 0.300. The maximum Gasteiger partial charge on any atom is 0.115 e. The van der Waals surface area contributed by atoms with Crippen molar-refractivity contribution in [2.45, 2.75) is 33.1 Å². The maximum absolute atomic E-state index is 9.52. The molecular weight excluding hydrogens is 292 g/mol. The normalized spacial score (nSPS) is 12.1. The summed E-state index contributed by atoms with van der Waals surface area (Å²) in [5, 5.41) is 9.52. The fraction of sp³-hybridized carbons (Fsp3) is 0.217. The highest BCUT2D eigenvalue weighted by molar-refractivity contribution is 5.77. The van der Waals surface area contributed by atoms with Gasteiger partial charge in [0.15, 0.2) is 0 Å². The zero-order valence-electron chi connectivity index (χ0n) is 14.6. The highest BCUT2D eigenvalue weighted by Gasteiger charge is 2.13. The third-order valence-electron chi connectivity index (χ3n) is 4.83. The van der Waals surface area contributed by atoms with Crippen LogP contribution in [0.3, 0.4) is 0 Å². The van der Waals surface area contributed by atoms with Gasteiger partial charge in [0.05, 0.1) is 0 Å². The molecule has 3 rings (SSSR count). The van der Waals surface area contributed by atoms with Crippen molar-refractivity contribution in [2.24, 2.45) is 0 Å². The van der Waals surface area contributed by atoms with Gasteiger partial charge in [0.1, 0.15) is 5.75 Å². The van der Waals surface area contributed by atoms with E-state index >= 15 is 0 Å². The van der Waals surface area contributed by atoms with E-state index in [4.69, 9.17) is 0 Å². The lowest BCUT2D eigenvalue weighted by Crippen LogP contribution is -1.97. The largest absolute Gasteiger partial charge is 0.508 e. The lowest BCUT2D eigenvalue weighted by molar-refractivity contribution is 0.475. The molecule has 0 spiro atoms. The molecule has 1 unspecified atom stereocenters. The minimum Gasteiger partial charge on any atom is -0.508 e. The van der Waals surface area contributed by atoms with Crippen molar-refractivity contribution in [3.05, 3.63) is 77.9 Å². The molecule has 0 heterocycles. The molecule has 1 N–H and O–H groups in total. The Morgan fingerprint density at radius 2 is 1.50 bits per heavy atom. The van der Waals surface area contributed by atoms with Gasteiger partial charge in [-0.25, -0.2) is 0 Å². The van der Waals surface area contributed by atoms with Crippen LogP contribution in [-0.2, 0) is 0 Å². The molecule has 0 radical (unpaired) electrons. The van der Waals surface area contributed by atoms with Crippen molar-refractivity contribution in [1.29, 1.82) is 0 Å². The first-order valence-corrected chi connectivity index (χ1v) is 8.59. The van der Waals surface area contributed by atoms with E-state index in [0.29, 0.717) is 11.7 Å². The summed E-state index contributed by atoms with van der Waals surface area (Å²) in [5.41, 5.74) is 7.61. The van der Waals surface area contributed by atoms with Crippen LogP contribution >= 0.6 is 0 Å². The lowest BCUT2D eigenvalue weighted by atomic mass is 9.86. The van der Waals surface area contributed by atoms with E-state index in [9.17, 15) is 5.11 Å². The minimum absolute atomic E-state index is 0.300. The van der Waals surface area contributed by atoms with Gasteiger partial charge in [-0.3, -0.25) is 0 Å². The Morgan fingerprint density at radius 1 is 0.833 bits per heavy atom. The predicted molar refractivity (Wildman–Crippen MR) is 102 cm³/mol. The number of phenols is 1. The van der Waals surface area contributed by atoms with Gasteiger partial charge in [-0.2, -0.15) is 0 Å². The molecule has 24 heavy (non-hydrogen) atoms. The second-order valence-corrected chi connectivity index (χ2v) is 6.47. The van der Waals surface area contributed by atoms with E-state index in [1.54, 1.807) is 12.1 Å². The van der Waals surface area contributed by atoms with Crippen LogP contribution in [0.1, 0.15) is 37.3 Å². The molecule has 0 saturated carbocycles. The van der Waals surface area contributed by atoms with E-state index < -0.39 is 0 Å². The molecule has 3 aromatic carbocycles. The van der Waals surface area contributed by atoms with Gasteiger partial charge in [-0.05, 0) is 70.8 Å². The molecule has 1 atom stereocenters. The molecule has 0 aliphatic heterocycles. The first-order valence-electron chi connectivity index (χ1n) is 8.59. The fourth-order valence-corrected chi connectivity index (χ4v) is 3.15. The van der Waals surface area contributed by atoms with Crippen LogP contribution in [0.25, 0.3) is 22.3 Å². The van der Waals surface area contributed by atoms with Crippen molar-refractivity contribution >= 4 is 0 Å². The van der Waals surface area contributed by atoms with Crippen LogP contribution in [-0.4, -0.2) is 5.11 Å². The quantitative estimate of drug-likeness (QED) is 0.578.